The average Bonchev–Trinajstić information content (AvgIpc) is 2.14. The lowest BCUT2D eigenvalue weighted by Gasteiger charge is -2.38. The lowest BCUT2D eigenvalue weighted by atomic mass is 9.74. The molecular weight excluding hydrogens is 450 g/mol. The quantitative estimate of drug-likeness (QED) is 0.631. The number of rotatable bonds is 3. The van der Waals surface area contributed by atoms with Crippen LogP contribution in [0.2, 0.25) is 0 Å². The van der Waals surface area contributed by atoms with Gasteiger partial charge in [0.05, 0.1) is 0 Å². The number of hydrogen-bond donors (Lipinski definition) is 1. The van der Waals surface area contributed by atoms with Gasteiger partial charge in [-0.3, -0.25) is 0 Å². The predicted octanol–water partition coefficient (Wildman–Crippen LogP) is 4.16. The van der Waals surface area contributed by atoms with Crippen LogP contribution < -0.4 is 4.72 Å². The second kappa shape index (κ2) is 6.41. The van der Waals surface area contributed by atoms with E-state index in [2.05, 4.69) is 73.3 Å². The van der Waals surface area contributed by atoms with E-state index in [1.165, 1.54) is 6.42 Å². The molecule has 0 aromatic carbocycles. The first kappa shape index (κ1) is 17.4. The van der Waals surface area contributed by atoms with Crippen molar-refractivity contribution in [3.8, 4) is 0 Å². The van der Waals surface area contributed by atoms with Crippen molar-refractivity contribution in [3.05, 3.63) is 0 Å². The zero-order valence-electron chi connectivity index (χ0n) is 10.8. The van der Waals surface area contributed by atoms with E-state index >= 15 is 0 Å². The van der Waals surface area contributed by atoms with E-state index in [0.29, 0.717) is 17.8 Å². The van der Waals surface area contributed by atoms with Crippen molar-refractivity contribution in [2.75, 3.05) is 0 Å². The highest BCUT2D eigenvalue weighted by Crippen LogP contribution is 2.41. The highest BCUT2D eigenvalue weighted by atomic mass is 80.0. The van der Waals surface area contributed by atoms with E-state index in [4.69, 9.17) is 0 Å². The second-order valence-electron chi connectivity index (χ2n) is 5.50. The van der Waals surface area contributed by atoms with Gasteiger partial charge in [0.2, 0.25) is 11.5 Å². The van der Waals surface area contributed by atoms with Gasteiger partial charge < -0.3 is 0 Å². The molecule has 3 unspecified atom stereocenters. The highest BCUT2D eigenvalue weighted by Gasteiger charge is 2.40. The van der Waals surface area contributed by atoms with Crippen molar-refractivity contribution >= 4 is 57.8 Å². The van der Waals surface area contributed by atoms with Crippen LogP contribution in [0.1, 0.15) is 40.0 Å². The van der Waals surface area contributed by atoms with Crippen LogP contribution in [0.5, 0.6) is 0 Å². The van der Waals surface area contributed by atoms with Crippen molar-refractivity contribution in [1.29, 1.82) is 0 Å². The monoisotopic (exact) mass is 467 g/mol. The van der Waals surface area contributed by atoms with Crippen LogP contribution in [0.15, 0.2) is 0 Å². The van der Waals surface area contributed by atoms with E-state index in [9.17, 15) is 8.42 Å². The van der Waals surface area contributed by atoms with Gasteiger partial charge in [-0.05, 0) is 78.4 Å². The molecule has 7 heteroatoms. The van der Waals surface area contributed by atoms with Crippen LogP contribution >= 0.6 is 47.8 Å². The summed E-state index contributed by atoms with van der Waals surface area (Å²) in [6.07, 6.45) is 3.18. The highest BCUT2D eigenvalue weighted by molar-refractivity contribution is 9.42. The molecule has 0 aromatic heterocycles. The van der Waals surface area contributed by atoms with E-state index in [1.807, 2.05) is 0 Å². The average molecular weight is 470 g/mol. The number of nitrogens with one attached hydrogen (secondary N) is 1. The van der Waals surface area contributed by atoms with E-state index < -0.39 is 11.5 Å². The van der Waals surface area contributed by atoms with Crippen molar-refractivity contribution < 1.29 is 8.42 Å². The van der Waals surface area contributed by atoms with Gasteiger partial charge in [0.1, 0.15) is 0 Å². The fraction of sp³-hybridized carbons (Fsp3) is 1.00. The van der Waals surface area contributed by atoms with Crippen molar-refractivity contribution in [2.24, 2.45) is 17.8 Å². The Morgan fingerprint density at radius 1 is 1.22 bits per heavy atom. The maximum atomic E-state index is 12.1. The van der Waals surface area contributed by atoms with Gasteiger partial charge in [0, 0.05) is 6.04 Å². The van der Waals surface area contributed by atoms with Crippen LogP contribution in [0.3, 0.4) is 0 Å². The summed E-state index contributed by atoms with van der Waals surface area (Å²) >= 11 is 9.25. The molecular formula is C11H20Br3NO2S. The zero-order valence-corrected chi connectivity index (χ0v) is 16.4. The minimum absolute atomic E-state index is 0.0192. The van der Waals surface area contributed by atoms with Crippen LogP contribution in [0.4, 0.5) is 0 Å². The Morgan fingerprint density at radius 3 is 2.22 bits per heavy atom. The SMILES string of the molecule is CC1CCC(C(C)C)C(NS(=O)(=O)C(Br)(Br)Br)C1. The van der Waals surface area contributed by atoms with Gasteiger partial charge in [-0.1, -0.05) is 27.2 Å². The third-order valence-corrected chi connectivity index (χ3v) is 8.69. The molecule has 1 rings (SSSR count). The van der Waals surface area contributed by atoms with Gasteiger partial charge >= 0.3 is 0 Å². The summed E-state index contributed by atoms with van der Waals surface area (Å²) in [6, 6.07) is 0.0192. The maximum Gasteiger partial charge on any atom is 0.248 e. The number of sulfonamides is 1. The predicted molar refractivity (Wildman–Crippen MR) is 86.7 cm³/mol. The normalized spacial score (nSPS) is 30.7. The topological polar surface area (TPSA) is 46.2 Å². The molecule has 0 saturated heterocycles. The lowest BCUT2D eigenvalue weighted by Crippen LogP contribution is -2.48. The van der Waals surface area contributed by atoms with Crippen LogP contribution in [-0.4, -0.2) is 15.9 Å². The molecule has 0 aliphatic heterocycles. The number of halogens is 3. The smallest absolute Gasteiger partial charge is 0.209 e. The second-order valence-corrected chi connectivity index (χ2v) is 15.7. The molecule has 0 spiro atoms. The molecule has 1 aliphatic rings. The van der Waals surface area contributed by atoms with E-state index in [-0.39, 0.29) is 6.04 Å². The first-order valence-electron chi connectivity index (χ1n) is 6.13. The van der Waals surface area contributed by atoms with Crippen LogP contribution in [0.25, 0.3) is 0 Å². The molecule has 3 nitrogen and oxygen atoms in total. The zero-order chi connectivity index (χ0) is 14.1. The minimum Gasteiger partial charge on any atom is -0.209 e. The standard InChI is InChI=1S/C11H20Br3NO2S/c1-7(2)9-5-4-8(3)6-10(9)15-18(16,17)11(12,13)14/h7-10,15H,4-6H2,1-3H3. The van der Waals surface area contributed by atoms with E-state index in [0.717, 1.165) is 12.8 Å². The molecule has 1 saturated carbocycles. The Morgan fingerprint density at radius 2 is 1.78 bits per heavy atom. The molecule has 108 valence electrons. The molecule has 0 aromatic rings. The summed E-state index contributed by atoms with van der Waals surface area (Å²) in [5, 5.41) is 0. The van der Waals surface area contributed by atoms with Crippen LogP contribution in [0, 0.1) is 17.8 Å². The van der Waals surface area contributed by atoms with Gasteiger partial charge in [0.15, 0.2) is 0 Å². The molecule has 1 N–H and O–H groups in total. The minimum atomic E-state index is -3.49. The fourth-order valence-corrected chi connectivity index (χ4v) is 4.25. The first-order chi connectivity index (χ1) is 8.04. The largest absolute Gasteiger partial charge is 0.248 e. The van der Waals surface area contributed by atoms with Gasteiger partial charge in [-0.15, -0.1) is 0 Å². The van der Waals surface area contributed by atoms with Crippen molar-refractivity contribution in [1.82, 2.24) is 4.72 Å². The Balaban J connectivity index is 2.85. The Kier molecular flexibility index (Phi) is 6.20. The van der Waals surface area contributed by atoms with Gasteiger partial charge in [-0.25, -0.2) is 13.1 Å². The Hall–Kier alpha value is 1.35. The Labute approximate surface area is 135 Å². The summed E-state index contributed by atoms with van der Waals surface area (Å²) in [5.74, 6) is 1.47. The van der Waals surface area contributed by atoms with E-state index in [1.54, 1.807) is 0 Å². The molecule has 0 bridgehead atoms. The third kappa shape index (κ3) is 4.43. The van der Waals surface area contributed by atoms with Crippen molar-refractivity contribution in [2.45, 2.75) is 47.6 Å². The molecule has 0 heterocycles. The third-order valence-electron chi connectivity index (χ3n) is 3.63. The van der Waals surface area contributed by atoms with Gasteiger partial charge in [0.25, 0.3) is 0 Å². The van der Waals surface area contributed by atoms with Gasteiger partial charge in [-0.2, -0.15) is 0 Å². The maximum absolute atomic E-state index is 12.1. The number of hydrogen-bond acceptors (Lipinski definition) is 2. The Bertz CT molecular complexity index is 378. The summed E-state index contributed by atoms with van der Waals surface area (Å²) in [5.41, 5.74) is 0. The molecule has 0 radical (unpaired) electrons. The molecule has 1 aliphatic carbocycles. The molecule has 0 amide bonds. The summed E-state index contributed by atoms with van der Waals surface area (Å²) in [6.45, 7) is 6.50. The molecule has 18 heavy (non-hydrogen) atoms. The number of alkyl halides is 3. The van der Waals surface area contributed by atoms with Crippen molar-refractivity contribution in [3.63, 3.8) is 0 Å². The first-order valence-corrected chi connectivity index (χ1v) is 9.99. The summed E-state index contributed by atoms with van der Waals surface area (Å²) in [4.78, 5) is 0. The summed E-state index contributed by atoms with van der Waals surface area (Å²) in [7, 11) is -3.49. The lowest BCUT2D eigenvalue weighted by molar-refractivity contribution is 0.188. The van der Waals surface area contributed by atoms with Crippen LogP contribution in [-0.2, 0) is 10.0 Å². The molecule has 3 atom stereocenters. The molecule has 1 fully saturated rings. The fourth-order valence-electron chi connectivity index (χ4n) is 2.60. The summed E-state index contributed by atoms with van der Waals surface area (Å²) < 4.78 is 25.8.